The number of para-hydroxylation sites is 1. The number of nitrogens with zero attached hydrogens (tertiary/aromatic N) is 3. The fourth-order valence-corrected chi connectivity index (χ4v) is 2.84. The van der Waals surface area contributed by atoms with Crippen molar-refractivity contribution < 1.29 is 9.15 Å². The van der Waals surface area contributed by atoms with Gasteiger partial charge >= 0.3 is 6.01 Å². The number of hydrogen-bond donors (Lipinski definition) is 1. The summed E-state index contributed by atoms with van der Waals surface area (Å²) in [5, 5.41) is 7.96. The van der Waals surface area contributed by atoms with Crippen LogP contribution in [-0.4, -0.2) is 30.4 Å². The van der Waals surface area contributed by atoms with E-state index in [1.165, 1.54) is 5.56 Å². The largest absolute Gasteiger partial charge is 0.496 e. The van der Waals surface area contributed by atoms with Crippen LogP contribution in [-0.2, 0) is 6.54 Å². The molecular weight excluding hydrogens is 304 g/mol. The number of rotatable bonds is 4. The van der Waals surface area contributed by atoms with Crippen LogP contribution in [0.15, 0.2) is 28.7 Å². The van der Waals surface area contributed by atoms with Crippen molar-refractivity contribution in [1.82, 2.24) is 10.2 Å². The number of anilines is 1. The molecule has 1 aromatic heterocycles. The smallest absolute Gasteiger partial charge is 0.318 e. The highest BCUT2D eigenvalue weighted by Gasteiger charge is 2.25. The van der Waals surface area contributed by atoms with Crippen molar-refractivity contribution in [3.05, 3.63) is 35.7 Å². The summed E-state index contributed by atoms with van der Waals surface area (Å²) >= 11 is 0. The number of aromatic nitrogens is 2. The van der Waals surface area contributed by atoms with Crippen molar-refractivity contribution in [3.63, 3.8) is 0 Å². The molecule has 0 unspecified atom stereocenters. The van der Waals surface area contributed by atoms with Crippen LogP contribution in [0.1, 0.15) is 30.2 Å². The van der Waals surface area contributed by atoms with E-state index in [1.807, 2.05) is 12.1 Å². The summed E-state index contributed by atoms with van der Waals surface area (Å²) in [6.45, 7) is 2.08. The summed E-state index contributed by atoms with van der Waals surface area (Å²) in [5.74, 6) is 1.96. The van der Waals surface area contributed by atoms with Crippen LogP contribution in [0.3, 0.4) is 0 Å². The highest BCUT2D eigenvalue weighted by molar-refractivity contribution is 5.85. The molecule has 0 amide bonds. The number of piperidine rings is 1. The number of methoxy groups -OCH3 is 1. The molecule has 7 heteroatoms. The topological polar surface area (TPSA) is 77.4 Å². The number of ether oxygens (including phenoxy) is 1. The van der Waals surface area contributed by atoms with E-state index in [4.69, 9.17) is 14.9 Å². The molecule has 6 nitrogen and oxygen atoms in total. The minimum atomic E-state index is 0. The van der Waals surface area contributed by atoms with Gasteiger partial charge in [0.25, 0.3) is 0 Å². The third-order valence-electron chi connectivity index (χ3n) is 3.98. The van der Waals surface area contributed by atoms with E-state index in [2.05, 4.69) is 27.2 Å². The van der Waals surface area contributed by atoms with E-state index in [1.54, 1.807) is 7.11 Å². The minimum Gasteiger partial charge on any atom is -0.496 e. The fourth-order valence-electron chi connectivity index (χ4n) is 2.84. The van der Waals surface area contributed by atoms with Crippen molar-refractivity contribution in [2.24, 2.45) is 5.73 Å². The Kier molecular flexibility index (Phi) is 5.63. The van der Waals surface area contributed by atoms with Gasteiger partial charge in [0.1, 0.15) is 5.75 Å². The Morgan fingerprint density at radius 1 is 1.27 bits per heavy atom. The molecule has 0 bridgehead atoms. The average Bonchev–Trinajstić information content (AvgIpc) is 3.04. The molecule has 2 heterocycles. The lowest BCUT2D eigenvalue weighted by atomic mass is 9.89. The molecule has 2 N–H and O–H groups in total. The second-order valence-corrected chi connectivity index (χ2v) is 5.19. The molecule has 1 fully saturated rings. The van der Waals surface area contributed by atoms with E-state index in [0.717, 1.165) is 31.7 Å². The van der Waals surface area contributed by atoms with Crippen LogP contribution in [0.5, 0.6) is 5.75 Å². The summed E-state index contributed by atoms with van der Waals surface area (Å²) in [7, 11) is 1.72. The van der Waals surface area contributed by atoms with Crippen LogP contribution >= 0.6 is 12.4 Å². The standard InChI is InChI=1S/C15H20N4O2.ClH/c1-20-13-5-3-2-4-12(13)11-6-8-19(9-7-11)15-18-17-14(10-16)21-15;/h2-5,11H,6-10,16H2,1H3;1H. The van der Waals surface area contributed by atoms with E-state index < -0.39 is 0 Å². The monoisotopic (exact) mass is 324 g/mol. The number of benzene rings is 1. The molecular formula is C15H21ClN4O2. The van der Waals surface area contributed by atoms with E-state index in [-0.39, 0.29) is 19.0 Å². The predicted octanol–water partition coefficient (Wildman–Crippen LogP) is 2.34. The molecule has 0 radical (unpaired) electrons. The van der Waals surface area contributed by atoms with Crippen LogP contribution in [0.25, 0.3) is 0 Å². The Morgan fingerprint density at radius 3 is 2.64 bits per heavy atom. The summed E-state index contributed by atoms with van der Waals surface area (Å²) in [5.41, 5.74) is 6.78. The fraction of sp³-hybridized carbons (Fsp3) is 0.467. The third-order valence-corrected chi connectivity index (χ3v) is 3.98. The molecule has 2 aromatic rings. The van der Waals surface area contributed by atoms with Gasteiger partial charge in [-0.1, -0.05) is 23.3 Å². The molecule has 0 aliphatic carbocycles. The molecule has 22 heavy (non-hydrogen) atoms. The van der Waals surface area contributed by atoms with Gasteiger partial charge in [-0.3, -0.25) is 0 Å². The maximum absolute atomic E-state index is 5.51. The lowest BCUT2D eigenvalue weighted by Crippen LogP contribution is -2.33. The molecule has 1 aromatic carbocycles. The van der Waals surface area contributed by atoms with Crippen molar-refractivity contribution in [1.29, 1.82) is 0 Å². The maximum atomic E-state index is 5.51. The Balaban J connectivity index is 0.00000176. The second-order valence-electron chi connectivity index (χ2n) is 5.19. The van der Waals surface area contributed by atoms with E-state index >= 15 is 0 Å². The lowest BCUT2D eigenvalue weighted by molar-refractivity contribution is 0.393. The highest BCUT2D eigenvalue weighted by Crippen LogP contribution is 2.34. The summed E-state index contributed by atoms with van der Waals surface area (Å²) in [4.78, 5) is 2.12. The van der Waals surface area contributed by atoms with Crippen LogP contribution in [0.4, 0.5) is 6.01 Å². The van der Waals surface area contributed by atoms with Crippen molar-refractivity contribution >= 4 is 18.4 Å². The van der Waals surface area contributed by atoms with Gasteiger partial charge in [0.2, 0.25) is 5.89 Å². The highest BCUT2D eigenvalue weighted by atomic mass is 35.5. The zero-order valence-electron chi connectivity index (χ0n) is 12.6. The van der Waals surface area contributed by atoms with Crippen LogP contribution < -0.4 is 15.4 Å². The number of nitrogens with two attached hydrogens (primary N) is 1. The van der Waals surface area contributed by atoms with Gasteiger partial charge in [-0.05, 0) is 30.4 Å². The lowest BCUT2D eigenvalue weighted by Gasteiger charge is -2.31. The van der Waals surface area contributed by atoms with E-state index in [9.17, 15) is 0 Å². The van der Waals surface area contributed by atoms with Crippen LogP contribution in [0.2, 0.25) is 0 Å². The van der Waals surface area contributed by atoms with Gasteiger partial charge in [-0.2, -0.15) is 0 Å². The summed E-state index contributed by atoms with van der Waals surface area (Å²) in [6, 6.07) is 8.82. The Labute approximate surface area is 136 Å². The maximum Gasteiger partial charge on any atom is 0.318 e. The van der Waals surface area contributed by atoms with Gasteiger partial charge in [0, 0.05) is 13.1 Å². The van der Waals surface area contributed by atoms with Crippen molar-refractivity contribution in [2.45, 2.75) is 25.3 Å². The van der Waals surface area contributed by atoms with Gasteiger partial charge in [0.15, 0.2) is 0 Å². The normalized spacial score (nSPS) is 15.5. The van der Waals surface area contributed by atoms with Gasteiger partial charge in [-0.15, -0.1) is 17.5 Å². The third kappa shape index (κ3) is 3.34. The Morgan fingerprint density at radius 2 is 2.00 bits per heavy atom. The zero-order chi connectivity index (χ0) is 14.7. The van der Waals surface area contributed by atoms with Gasteiger partial charge in [-0.25, -0.2) is 0 Å². The molecule has 120 valence electrons. The Bertz CT molecular complexity index is 597. The molecule has 1 saturated heterocycles. The molecule has 0 saturated carbocycles. The zero-order valence-corrected chi connectivity index (χ0v) is 13.4. The first-order chi connectivity index (χ1) is 10.3. The quantitative estimate of drug-likeness (QED) is 0.930. The SMILES string of the molecule is COc1ccccc1C1CCN(c2nnc(CN)o2)CC1.Cl. The summed E-state index contributed by atoms with van der Waals surface area (Å²) in [6.07, 6.45) is 2.08. The predicted molar refractivity (Wildman–Crippen MR) is 86.6 cm³/mol. The molecule has 1 aliphatic rings. The second kappa shape index (κ2) is 7.47. The number of hydrogen-bond acceptors (Lipinski definition) is 6. The van der Waals surface area contributed by atoms with E-state index in [0.29, 0.717) is 17.8 Å². The van der Waals surface area contributed by atoms with Gasteiger partial charge in [0.05, 0.1) is 13.7 Å². The van der Waals surface area contributed by atoms with Crippen molar-refractivity contribution in [2.75, 3.05) is 25.1 Å². The average molecular weight is 325 g/mol. The Hall–Kier alpha value is -1.79. The molecule has 3 rings (SSSR count). The first kappa shape index (κ1) is 16.6. The van der Waals surface area contributed by atoms with Gasteiger partial charge < -0.3 is 19.8 Å². The summed E-state index contributed by atoms with van der Waals surface area (Å²) < 4.78 is 11.0. The first-order valence-electron chi connectivity index (χ1n) is 7.22. The van der Waals surface area contributed by atoms with Crippen LogP contribution in [0, 0.1) is 0 Å². The number of halogens is 1. The molecule has 0 atom stereocenters. The van der Waals surface area contributed by atoms with Crippen molar-refractivity contribution in [3.8, 4) is 5.75 Å². The minimum absolute atomic E-state index is 0. The molecule has 0 spiro atoms. The molecule has 1 aliphatic heterocycles. The first-order valence-corrected chi connectivity index (χ1v) is 7.22.